The fraction of sp³-hybridized carbons (Fsp3) is 0.389. The molecule has 116 valence electrons. The summed E-state index contributed by atoms with van der Waals surface area (Å²) in [5, 5.41) is 0. The van der Waals surface area contributed by atoms with Gasteiger partial charge in [-0.25, -0.2) is 0 Å². The smallest absolute Gasteiger partial charge is 0.123 e. The van der Waals surface area contributed by atoms with Crippen LogP contribution in [0.5, 0.6) is 11.5 Å². The number of methoxy groups -OCH3 is 2. The Morgan fingerprint density at radius 3 is 2.86 bits per heavy atom. The van der Waals surface area contributed by atoms with E-state index >= 15 is 0 Å². The van der Waals surface area contributed by atoms with E-state index in [9.17, 15) is 0 Å². The van der Waals surface area contributed by atoms with Gasteiger partial charge in [-0.3, -0.25) is 9.88 Å². The fourth-order valence-corrected chi connectivity index (χ4v) is 3.19. The molecular weight excluding hydrogens is 276 g/mol. The van der Waals surface area contributed by atoms with Gasteiger partial charge in [0.2, 0.25) is 0 Å². The standard InChI is InChI=1S/C18H22N2O2/c1-21-15-7-8-18(22-2)16(11-15)17-6-4-10-20(17)13-14-5-3-9-19-12-14/h3,5,7-9,11-12,17H,4,6,10,13H2,1-2H3. The zero-order valence-electron chi connectivity index (χ0n) is 13.2. The first-order valence-electron chi connectivity index (χ1n) is 7.66. The monoisotopic (exact) mass is 298 g/mol. The van der Waals surface area contributed by atoms with Crippen molar-refractivity contribution in [3.63, 3.8) is 0 Å². The van der Waals surface area contributed by atoms with E-state index in [0.717, 1.165) is 31.0 Å². The predicted octanol–water partition coefficient (Wildman–Crippen LogP) is 3.44. The van der Waals surface area contributed by atoms with Crippen LogP contribution in [0.25, 0.3) is 0 Å². The summed E-state index contributed by atoms with van der Waals surface area (Å²) in [6, 6.07) is 10.5. The maximum absolute atomic E-state index is 5.56. The van der Waals surface area contributed by atoms with Crippen LogP contribution in [0.4, 0.5) is 0 Å². The van der Waals surface area contributed by atoms with Gasteiger partial charge in [0.25, 0.3) is 0 Å². The van der Waals surface area contributed by atoms with Gasteiger partial charge in [-0.1, -0.05) is 6.07 Å². The molecular formula is C18H22N2O2. The molecule has 1 atom stereocenters. The van der Waals surface area contributed by atoms with Crippen molar-refractivity contribution in [3.8, 4) is 11.5 Å². The third-order valence-electron chi connectivity index (χ3n) is 4.27. The highest BCUT2D eigenvalue weighted by Gasteiger charge is 2.28. The SMILES string of the molecule is COc1ccc(OC)c(C2CCCN2Cc2cccnc2)c1. The van der Waals surface area contributed by atoms with Crippen molar-refractivity contribution in [1.29, 1.82) is 0 Å². The topological polar surface area (TPSA) is 34.6 Å². The van der Waals surface area contributed by atoms with Crippen LogP contribution in [-0.2, 0) is 6.54 Å². The number of likely N-dealkylation sites (tertiary alicyclic amines) is 1. The summed E-state index contributed by atoms with van der Waals surface area (Å²) in [6.45, 7) is 2.01. The Kier molecular flexibility index (Phi) is 4.59. The molecule has 1 saturated heterocycles. The van der Waals surface area contributed by atoms with E-state index in [2.05, 4.69) is 22.0 Å². The molecule has 1 fully saturated rings. The average Bonchev–Trinajstić information content (AvgIpc) is 3.03. The maximum atomic E-state index is 5.56. The zero-order chi connectivity index (χ0) is 15.4. The lowest BCUT2D eigenvalue weighted by Crippen LogP contribution is -2.23. The third-order valence-corrected chi connectivity index (χ3v) is 4.27. The van der Waals surface area contributed by atoms with Gasteiger partial charge in [-0.15, -0.1) is 0 Å². The van der Waals surface area contributed by atoms with Crippen molar-refractivity contribution in [2.75, 3.05) is 20.8 Å². The molecule has 1 aromatic carbocycles. The summed E-state index contributed by atoms with van der Waals surface area (Å²) >= 11 is 0. The molecule has 1 aliphatic rings. The second kappa shape index (κ2) is 6.79. The van der Waals surface area contributed by atoms with Gasteiger partial charge in [0.05, 0.1) is 14.2 Å². The third kappa shape index (κ3) is 3.07. The summed E-state index contributed by atoms with van der Waals surface area (Å²) in [4.78, 5) is 6.71. The van der Waals surface area contributed by atoms with Crippen molar-refractivity contribution in [2.24, 2.45) is 0 Å². The Balaban J connectivity index is 1.86. The van der Waals surface area contributed by atoms with Gasteiger partial charge in [0, 0.05) is 30.5 Å². The quantitative estimate of drug-likeness (QED) is 0.847. The molecule has 4 nitrogen and oxygen atoms in total. The van der Waals surface area contributed by atoms with Crippen molar-refractivity contribution >= 4 is 0 Å². The van der Waals surface area contributed by atoms with E-state index in [0.29, 0.717) is 6.04 Å². The number of hydrogen-bond acceptors (Lipinski definition) is 4. The Labute approximate surface area is 131 Å². The van der Waals surface area contributed by atoms with Gasteiger partial charge in [-0.2, -0.15) is 0 Å². The molecule has 22 heavy (non-hydrogen) atoms. The summed E-state index contributed by atoms with van der Waals surface area (Å²) in [7, 11) is 3.43. The number of nitrogens with zero attached hydrogens (tertiary/aromatic N) is 2. The Bertz CT molecular complexity index is 616. The first-order valence-corrected chi connectivity index (χ1v) is 7.66. The average molecular weight is 298 g/mol. The molecule has 2 aromatic rings. The summed E-state index contributed by atoms with van der Waals surface area (Å²) in [6.07, 6.45) is 6.10. The van der Waals surface area contributed by atoms with Crippen LogP contribution in [0.1, 0.15) is 30.0 Å². The molecule has 0 saturated carbocycles. The number of benzene rings is 1. The summed E-state index contributed by atoms with van der Waals surface area (Å²) in [5.74, 6) is 1.81. The lowest BCUT2D eigenvalue weighted by atomic mass is 10.0. The molecule has 0 bridgehead atoms. The number of pyridine rings is 1. The second-order valence-electron chi connectivity index (χ2n) is 5.60. The van der Waals surface area contributed by atoms with E-state index in [1.165, 1.54) is 17.5 Å². The van der Waals surface area contributed by atoms with Gasteiger partial charge < -0.3 is 9.47 Å². The zero-order valence-corrected chi connectivity index (χ0v) is 13.2. The van der Waals surface area contributed by atoms with Crippen LogP contribution in [-0.4, -0.2) is 30.6 Å². The number of rotatable bonds is 5. The van der Waals surface area contributed by atoms with Crippen molar-refractivity contribution < 1.29 is 9.47 Å². The van der Waals surface area contributed by atoms with Crippen molar-refractivity contribution in [2.45, 2.75) is 25.4 Å². The molecule has 0 spiro atoms. The number of aromatic nitrogens is 1. The van der Waals surface area contributed by atoms with Gasteiger partial charge in [0.1, 0.15) is 11.5 Å². The van der Waals surface area contributed by atoms with Crippen LogP contribution in [0.2, 0.25) is 0 Å². The van der Waals surface area contributed by atoms with Crippen LogP contribution in [0.3, 0.4) is 0 Å². The molecule has 0 aliphatic carbocycles. The van der Waals surface area contributed by atoms with Crippen molar-refractivity contribution in [3.05, 3.63) is 53.9 Å². The normalized spacial score (nSPS) is 18.4. The first kappa shape index (κ1) is 14.9. The van der Waals surface area contributed by atoms with Crippen LogP contribution in [0, 0.1) is 0 Å². The van der Waals surface area contributed by atoms with Crippen LogP contribution in [0.15, 0.2) is 42.7 Å². The lowest BCUT2D eigenvalue weighted by molar-refractivity contribution is 0.242. The Hall–Kier alpha value is -2.07. The van der Waals surface area contributed by atoms with Crippen molar-refractivity contribution in [1.82, 2.24) is 9.88 Å². The summed E-state index contributed by atoms with van der Waals surface area (Å²) in [5.41, 5.74) is 2.46. The molecule has 1 unspecified atom stereocenters. The Morgan fingerprint density at radius 1 is 1.23 bits per heavy atom. The van der Waals surface area contributed by atoms with E-state index < -0.39 is 0 Å². The molecule has 1 aromatic heterocycles. The number of hydrogen-bond donors (Lipinski definition) is 0. The molecule has 3 rings (SSSR count). The fourth-order valence-electron chi connectivity index (χ4n) is 3.19. The molecule has 0 amide bonds. The minimum absolute atomic E-state index is 0.366. The van der Waals surface area contributed by atoms with Gasteiger partial charge in [0.15, 0.2) is 0 Å². The highest BCUT2D eigenvalue weighted by atomic mass is 16.5. The van der Waals surface area contributed by atoms with E-state index in [1.807, 2.05) is 30.6 Å². The molecule has 0 N–H and O–H groups in total. The van der Waals surface area contributed by atoms with E-state index in [4.69, 9.17) is 9.47 Å². The molecule has 2 heterocycles. The van der Waals surface area contributed by atoms with Crippen LogP contribution >= 0.6 is 0 Å². The lowest BCUT2D eigenvalue weighted by Gasteiger charge is -2.26. The molecule has 1 aliphatic heterocycles. The predicted molar refractivity (Wildman–Crippen MR) is 86.2 cm³/mol. The van der Waals surface area contributed by atoms with Gasteiger partial charge >= 0.3 is 0 Å². The first-order chi connectivity index (χ1) is 10.8. The highest BCUT2D eigenvalue weighted by Crippen LogP contribution is 2.39. The largest absolute Gasteiger partial charge is 0.497 e. The van der Waals surface area contributed by atoms with Crippen LogP contribution < -0.4 is 9.47 Å². The highest BCUT2D eigenvalue weighted by molar-refractivity contribution is 5.42. The summed E-state index contributed by atoms with van der Waals surface area (Å²) < 4.78 is 10.9. The minimum Gasteiger partial charge on any atom is -0.497 e. The molecule has 0 radical (unpaired) electrons. The minimum atomic E-state index is 0.366. The maximum Gasteiger partial charge on any atom is 0.123 e. The van der Waals surface area contributed by atoms with Gasteiger partial charge in [-0.05, 0) is 49.2 Å². The van der Waals surface area contributed by atoms with E-state index in [-0.39, 0.29) is 0 Å². The van der Waals surface area contributed by atoms with E-state index in [1.54, 1.807) is 14.2 Å². The number of ether oxygens (including phenoxy) is 2. The molecule has 4 heteroatoms. The second-order valence-corrected chi connectivity index (χ2v) is 5.60. The Morgan fingerprint density at radius 2 is 2.14 bits per heavy atom.